The molecule has 0 aromatic heterocycles. The van der Waals surface area contributed by atoms with Crippen LogP contribution in [0.4, 0.5) is 0 Å². The summed E-state index contributed by atoms with van der Waals surface area (Å²) in [6.07, 6.45) is 19.0. The van der Waals surface area contributed by atoms with Gasteiger partial charge in [-0.25, -0.2) is 0 Å². The van der Waals surface area contributed by atoms with E-state index in [1.807, 2.05) is 0 Å². The van der Waals surface area contributed by atoms with Crippen molar-refractivity contribution in [3.8, 4) is 0 Å². The van der Waals surface area contributed by atoms with E-state index >= 15 is 0 Å². The van der Waals surface area contributed by atoms with Crippen LogP contribution >= 0.6 is 0 Å². The summed E-state index contributed by atoms with van der Waals surface area (Å²) in [7, 11) is 0. The fraction of sp³-hybridized carbons (Fsp3) is 0.952. The number of rotatable bonds is 4. The molecule has 4 unspecified atom stereocenters. The second-order valence-corrected chi connectivity index (χ2v) is 9.23. The van der Waals surface area contributed by atoms with Gasteiger partial charge in [0.2, 0.25) is 0 Å². The van der Waals surface area contributed by atoms with Gasteiger partial charge >= 0.3 is 0 Å². The summed E-state index contributed by atoms with van der Waals surface area (Å²) in [5.41, 5.74) is 0. The molecule has 4 aliphatic rings. The fourth-order valence-electron chi connectivity index (χ4n) is 6.78. The maximum Gasteiger partial charge on any atom is 0.133 e. The van der Waals surface area contributed by atoms with Gasteiger partial charge in [0.15, 0.2) is 0 Å². The molecule has 4 saturated carbocycles. The number of hydrogen-bond acceptors (Lipinski definition) is 1. The molecule has 124 valence electrons. The zero-order chi connectivity index (χ0) is 14.9. The lowest BCUT2D eigenvalue weighted by Crippen LogP contribution is -2.12. The molecule has 0 bridgehead atoms. The van der Waals surface area contributed by atoms with Crippen molar-refractivity contribution >= 4 is 5.78 Å². The van der Waals surface area contributed by atoms with Gasteiger partial charge in [-0.2, -0.15) is 0 Å². The van der Waals surface area contributed by atoms with Crippen LogP contribution in [-0.2, 0) is 4.79 Å². The van der Waals surface area contributed by atoms with E-state index in [-0.39, 0.29) is 0 Å². The molecule has 4 aliphatic carbocycles. The van der Waals surface area contributed by atoms with Crippen molar-refractivity contribution in [2.45, 2.75) is 89.9 Å². The molecule has 0 amide bonds. The molecule has 0 aromatic rings. The first-order valence-electron chi connectivity index (χ1n) is 10.3. The van der Waals surface area contributed by atoms with Crippen molar-refractivity contribution in [1.29, 1.82) is 0 Å². The Morgan fingerprint density at radius 1 is 0.591 bits per heavy atom. The Bertz CT molecular complexity index is 337. The van der Waals surface area contributed by atoms with Gasteiger partial charge in [-0.15, -0.1) is 0 Å². The second-order valence-electron chi connectivity index (χ2n) is 9.23. The fourth-order valence-corrected chi connectivity index (χ4v) is 6.78. The predicted molar refractivity (Wildman–Crippen MR) is 90.6 cm³/mol. The van der Waals surface area contributed by atoms with Gasteiger partial charge in [0, 0.05) is 12.8 Å². The summed E-state index contributed by atoms with van der Waals surface area (Å²) < 4.78 is 0. The van der Waals surface area contributed by atoms with Crippen LogP contribution in [0.15, 0.2) is 0 Å². The maximum atomic E-state index is 12.6. The van der Waals surface area contributed by atoms with Crippen LogP contribution in [-0.4, -0.2) is 5.78 Å². The van der Waals surface area contributed by atoms with Gasteiger partial charge in [-0.3, -0.25) is 4.79 Å². The van der Waals surface area contributed by atoms with E-state index in [1.165, 1.54) is 77.0 Å². The molecule has 4 atom stereocenters. The highest BCUT2D eigenvalue weighted by Gasteiger charge is 2.38. The topological polar surface area (TPSA) is 17.1 Å². The number of hydrogen-bond donors (Lipinski definition) is 0. The number of fused-ring (bicyclic) bond motifs is 2. The molecule has 0 spiro atoms. The zero-order valence-corrected chi connectivity index (χ0v) is 14.3. The summed E-state index contributed by atoms with van der Waals surface area (Å²) >= 11 is 0. The number of carbonyl (C=O) groups is 1. The van der Waals surface area contributed by atoms with E-state index in [4.69, 9.17) is 0 Å². The molecule has 1 heteroatoms. The summed E-state index contributed by atoms with van der Waals surface area (Å²) in [6, 6.07) is 0. The summed E-state index contributed by atoms with van der Waals surface area (Å²) in [4.78, 5) is 12.6. The van der Waals surface area contributed by atoms with Crippen molar-refractivity contribution in [3.05, 3.63) is 0 Å². The van der Waals surface area contributed by atoms with Crippen molar-refractivity contribution in [3.63, 3.8) is 0 Å². The van der Waals surface area contributed by atoms with E-state index in [2.05, 4.69) is 0 Å². The maximum absolute atomic E-state index is 12.6. The Morgan fingerprint density at radius 3 is 1.23 bits per heavy atom. The Morgan fingerprint density at radius 2 is 0.909 bits per heavy atom. The molecule has 4 fully saturated rings. The Hall–Kier alpha value is -0.330. The number of carbonyl (C=O) groups excluding carboxylic acids is 1. The zero-order valence-electron chi connectivity index (χ0n) is 14.3. The molecule has 0 saturated heterocycles. The smallest absolute Gasteiger partial charge is 0.133 e. The van der Waals surface area contributed by atoms with Crippen LogP contribution < -0.4 is 0 Å². The third kappa shape index (κ3) is 3.29. The average Bonchev–Trinajstić information content (AvgIpc) is 3.08. The number of ketones is 1. The monoisotopic (exact) mass is 302 g/mol. The third-order valence-corrected chi connectivity index (χ3v) is 7.71. The second kappa shape index (κ2) is 6.65. The van der Waals surface area contributed by atoms with Crippen LogP contribution in [0, 0.1) is 35.5 Å². The van der Waals surface area contributed by atoms with Crippen LogP contribution in [0.3, 0.4) is 0 Å². The van der Waals surface area contributed by atoms with E-state index in [0.717, 1.165) is 48.3 Å². The highest BCUT2D eigenvalue weighted by atomic mass is 16.1. The van der Waals surface area contributed by atoms with Gasteiger partial charge in [-0.05, 0) is 61.2 Å². The standard InChI is InChI=1S/C21H34O/c22-21(13-15-9-17-5-1-2-6-18(17)10-15)14-16-11-19-7-3-4-8-20(19)12-16/h15-20H,1-14H2. The van der Waals surface area contributed by atoms with Crippen molar-refractivity contribution < 1.29 is 4.79 Å². The minimum Gasteiger partial charge on any atom is -0.300 e. The quantitative estimate of drug-likeness (QED) is 0.644. The minimum absolute atomic E-state index is 0.618. The average molecular weight is 303 g/mol. The molecular weight excluding hydrogens is 268 g/mol. The molecule has 0 radical (unpaired) electrons. The van der Waals surface area contributed by atoms with Gasteiger partial charge in [0.1, 0.15) is 5.78 Å². The van der Waals surface area contributed by atoms with E-state index in [1.54, 1.807) is 0 Å². The van der Waals surface area contributed by atoms with Crippen LogP contribution in [0.1, 0.15) is 89.9 Å². The highest BCUT2D eigenvalue weighted by molar-refractivity contribution is 5.79. The van der Waals surface area contributed by atoms with Gasteiger partial charge < -0.3 is 0 Å². The summed E-state index contributed by atoms with van der Waals surface area (Å²) in [6.45, 7) is 0. The van der Waals surface area contributed by atoms with Gasteiger partial charge in [0.05, 0.1) is 0 Å². The first-order chi connectivity index (χ1) is 10.8. The normalized spacial score (nSPS) is 44.5. The molecule has 22 heavy (non-hydrogen) atoms. The summed E-state index contributed by atoms with van der Waals surface area (Å²) in [5.74, 6) is 6.07. The molecule has 0 heterocycles. The summed E-state index contributed by atoms with van der Waals surface area (Å²) in [5, 5.41) is 0. The highest BCUT2D eigenvalue weighted by Crippen LogP contribution is 2.48. The third-order valence-electron chi connectivity index (χ3n) is 7.71. The van der Waals surface area contributed by atoms with Crippen molar-refractivity contribution in [1.82, 2.24) is 0 Å². The predicted octanol–water partition coefficient (Wildman–Crippen LogP) is 5.77. The van der Waals surface area contributed by atoms with Crippen molar-refractivity contribution in [2.24, 2.45) is 35.5 Å². The van der Waals surface area contributed by atoms with Gasteiger partial charge in [0.25, 0.3) is 0 Å². The van der Waals surface area contributed by atoms with E-state index in [0.29, 0.717) is 5.78 Å². The van der Waals surface area contributed by atoms with Crippen molar-refractivity contribution in [2.75, 3.05) is 0 Å². The molecule has 0 aliphatic heterocycles. The molecular formula is C21H34O. The SMILES string of the molecule is O=C(CC1CC2CCCCC2C1)CC1CC2CCCCC2C1. The lowest BCUT2D eigenvalue weighted by Gasteiger charge is -2.24. The van der Waals surface area contributed by atoms with Gasteiger partial charge in [-0.1, -0.05) is 51.4 Å². The lowest BCUT2D eigenvalue weighted by molar-refractivity contribution is -0.120. The lowest BCUT2D eigenvalue weighted by atomic mass is 9.82. The van der Waals surface area contributed by atoms with E-state index < -0.39 is 0 Å². The molecule has 4 rings (SSSR count). The Balaban J connectivity index is 1.23. The first kappa shape index (κ1) is 15.2. The van der Waals surface area contributed by atoms with Crippen LogP contribution in [0.25, 0.3) is 0 Å². The Labute approximate surface area is 136 Å². The minimum atomic E-state index is 0.618. The van der Waals surface area contributed by atoms with E-state index in [9.17, 15) is 4.79 Å². The van der Waals surface area contributed by atoms with Crippen LogP contribution in [0.2, 0.25) is 0 Å². The Kier molecular flexibility index (Phi) is 4.60. The number of Topliss-reactive ketones (excluding diaryl/α,β-unsaturated/α-hetero) is 1. The first-order valence-corrected chi connectivity index (χ1v) is 10.3. The largest absolute Gasteiger partial charge is 0.300 e. The molecule has 0 N–H and O–H groups in total. The van der Waals surface area contributed by atoms with Crippen LogP contribution in [0.5, 0.6) is 0 Å². The molecule has 0 aromatic carbocycles. The molecule has 1 nitrogen and oxygen atoms in total.